The third-order valence-electron chi connectivity index (χ3n) is 4.49. The van der Waals surface area contributed by atoms with E-state index in [1.54, 1.807) is 4.68 Å². The fraction of sp³-hybridized carbons (Fsp3) is 0.200. The molecule has 0 aliphatic rings. The summed E-state index contributed by atoms with van der Waals surface area (Å²) in [6.07, 6.45) is 0. The highest BCUT2D eigenvalue weighted by molar-refractivity contribution is 6.36. The minimum Gasteiger partial charge on any atom is -0.410 e. The molecule has 3 rings (SSSR count). The third-order valence-corrected chi connectivity index (χ3v) is 4.81. The molecule has 0 unspecified atom stereocenters. The van der Waals surface area contributed by atoms with Crippen molar-refractivity contribution in [1.82, 2.24) is 9.78 Å². The van der Waals surface area contributed by atoms with Crippen LogP contribution in [0.15, 0.2) is 47.6 Å². The van der Waals surface area contributed by atoms with E-state index < -0.39 is 0 Å². The van der Waals surface area contributed by atoms with Crippen LogP contribution < -0.4 is 5.32 Å². The Kier molecular flexibility index (Phi) is 5.00. The van der Waals surface area contributed by atoms with Gasteiger partial charge in [0.15, 0.2) is 0 Å². The van der Waals surface area contributed by atoms with E-state index in [1.807, 2.05) is 70.3 Å². The van der Waals surface area contributed by atoms with Crippen LogP contribution in [0.5, 0.6) is 0 Å². The van der Waals surface area contributed by atoms with Gasteiger partial charge < -0.3 is 10.5 Å². The van der Waals surface area contributed by atoms with Crippen LogP contribution in [-0.2, 0) is 7.05 Å². The van der Waals surface area contributed by atoms with E-state index in [-0.39, 0.29) is 0 Å². The van der Waals surface area contributed by atoms with Gasteiger partial charge in [0.25, 0.3) is 0 Å². The van der Waals surface area contributed by atoms with E-state index in [4.69, 9.17) is 11.6 Å². The molecular weight excluding hydrogens is 348 g/mol. The minimum atomic E-state index is 0.417. The monoisotopic (exact) mass is 368 g/mol. The first-order valence-corrected chi connectivity index (χ1v) is 8.65. The van der Waals surface area contributed by atoms with Gasteiger partial charge in [-0.2, -0.15) is 5.10 Å². The average Bonchev–Trinajstić information content (AvgIpc) is 2.85. The molecule has 0 saturated carbocycles. The second-order valence-electron chi connectivity index (χ2n) is 6.25. The number of aromatic nitrogens is 2. The summed E-state index contributed by atoms with van der Waals surface area (Å²) < 4.78 is 1.76. The lowest BCUT2D eigenvalue weighted by Gasteiger charge is -2.12. The smallest absolute Gasteiger partial charge is 0.122 e. The molecule has 0 spiro atoms. The highest BCUT2D eigenvalue weighted by Crippen LogP contribution is 2.28. The number of nitrogens with one attached hydrogen (secondary N) is 1. The second-order valence-corrected chi connectivity index (χ2v) is 6.66. The van der Waals surface area contributed by atoms with E-state index in [0.29, 0.717) is 16.3 Å². The van der Waals surface area contributed by atoms with Crippen molar-refractivity contribution in [3.8, 4) is 0 Å². The molecule has 0 aliphatic heterocycles. The summed E-state index contributed by atoms with van der Waals surface area (Å²) in [6.45, 7) is 5.86. The zero-order chi connectivity index (χ0) is 18.8. The number of hydrogen-bond acceptors (Lipinski definition) is 4. The number of benzene rings is 2. The summed E-state index contributed by atoms with van der Waals surface area (Å²) in [4.78, 5) is 0. The number of hydrogen-bond donors (Lipinski definition) is 2. The molecule has 2 aromatic carbocycles. The van der Waals surface area contributed by atoms with Crippen LogP contribution in [0.25, 0.3) is 0 Å². The number of oxime groups is 1. The van der Waals surface area contributed by atoms with Crippen molar-refractivity contribution >= 4 is 28.7 Å². The number of rotatable bonds is 4. The Morgan fingerprint density at radius 1 is 1.15 bits per heavy atom. The Morgan fingerprint density at radius 3 is 2.46 bits per heavy atom. The van der Waals surface area contributed by atoms with Crippen molar-refractivity contribution in [2.75, 3.05) is 5.32 Å². The molecule has 3 aromatic rings. The van der Waals surface area contributed by atoms with Crippen LogP contribution in [0.4, 0.5) is 11.4 Å². The lowest BCUT2D eigenvalue weighted by Crippen LogP contribution is -2.08. The molecular formula is C20H21ClN4O. The Hall–Kier alpha value is -2.79. The Labute approximate surface area is 157 Å². The summed E-state index contributed by atoms with van der Waals surface area (Å²) in [5.41, 5.74) is 6.59. The van der Waals surface area contributed by atoms with Crippen LogP contribution in [0.1, 0.15) is 28.1 Å². The first kappa shape index (κ1) is 18.0. The van der Waals surface area contributed by atoms with Gasteiger partial charge in [-0.3, -0.25) is 4.68 Å². The fourth-order valence-electron chi connectivity index (χ4n) is 3.01. The van der Waals surface area contributed by atoms with Crippen LogP contribution >= 0.6 is 11.6 Å². The van der Waals surface area contributed by atoms with Gasteiger partial charge in [-0.25, -0.2) is 0 Å². The first-order chi connectivity index (χ1) is 12.4. The van der Waals surface area contributed by atoms with E-state index in [1.165, 1.54) is 0 Å². The van der Waals surface area contributed by atoms with E-state index in [9.17, 15) is 5.21 Å². The van der Waals surface area contributed by atoms with E-state index in [2.05, 4.69) is 15.6 Å². The third kappa shape index (κ3) is 3.30. The van der Waals surface area contributed by atoms with Crippen molar-refractivity contribution in [2.45, 2.75) is 20.8 Å². The second kappa shape index (κ2) is 7.22. The van der Waals surface area contributed by atoms with Crippen molar-refractivity contribution in [3.63, 3.8) is 0 Å². The van der Waals surface area contributed by atoms with Crippen LogP contribution in [0.2, 0.25) is 5.02 Å². The highest BCUT2D eigenvalue weighted by atomic mass is 35.5. The number of nitrogens with zero attached hydrogens (tertiary/aromatic N) is 3. The number of para-hydroxylation sites is 1. The fourth-order valence-corrected chi connectivity index (χ4v) is 3.28. The molecule has 5 nitrogen and oxygen atoms in total. The van der Waals surface area contributed by atoms with Gasteiger partial charge >= 0.3 is 0 Å². The largest absolute Gasteiger partial charge is 0.410 e. The summed E-state index contributed by atoms with van der Waals surface area (Å²) in [5.74, 6) is 0. The average molecular weight is 369 g/mol. The molecule has 0 aliphatic carbocycles. The Morgan fingerprint density at radius 2 is 1.88 bits per heavy atom. The maximum atomic E-state index is 9.63. The summed E-state index contributed by atoms with van der Waals surface area (Å²) in [5, 5.41) is 21.4. The molecule has 0 atom stereocenters. The van der Waals surface area contributed by atoms with Crippen LogP contribution in [-0.4, -0.2) is 20.7 Å². The van der Waals surface area contributed by atoms with Gasteiger partial charge in [-0.1, -0.05) is 35.0 Å². The molecule has 1 aromatic heterocycles. The number of halogens is 1. The van der Waals surface area contributed by atoms with Gasteiger partial charge in [0.2, 0.25) is 0 Å². The standard InChI is InChI=1S/C20H21ClN4O/c1-12-7-5-6-8-18(12)22-15-9-10-16(17(21)11-15)20(24-26)19-13(2)23-25(4)14(19)3/h5-11,22,26H,1-4H3/b24-20-. The number of aryl methyl sites for hydroxylation is 3. The molecule has 134 valence electrons. The summed E-state index contributed by atoms with van der Waals surface area (Å²) in [7, 11) is 1.86. The molecule has 1 heterocycles. The molecule has 0 fully saturated rings. The molecule has 0 radical (unpaired) electrons. The predicted octanol–water partition coefficient (Wildman–Crippen LogP) is 4.97. The van der Waals surface area contributed by atoms with Crippen molar-refractivity contribution in [2.24, 2.45) is 12.2 Å². The highest BCUT2D eigenvalue weighted by Gasteiger charge is 2.20. The van der Waals surface area contributed by atoms with E-state index in [0.717, 1.165) is 33.9 Å². The van der Waals surface area contributed by atoms with Crippen molar-refractivity contribution in [3.05, 3.63) is 75.6 Å². The summed E-state index contributed by atoms with van der Waals surface area (Å²) in [6, 6.07) is 13.6. The van der Waals surface area contributed by atoms with Crippen molar-refractivity contribution in [1.29, 1.82) is 0 Å². The van der Waals surface area contributed by atoms with Gasteiger partial charge in [-0.05, 0) is 50.6 Å². The predicted molar refractivity (Wildman–Crippen MR) is 106 cm³/mol. The molecule has 26 heavy (non-hydrogen) atoms. The SMILES string of the molecule is Cc1ccccc1Nc1ccc(/C(=N/O)c2c(C)nn(C)c2C)c(Cl)c1. The molecule has 0 amide bonds. The lowest BCUT2D eigenvalue weighted by atomic mass is 10.0. The lowest BCUT2D eigenvalue weighted by molar-refractivity contribution is 0.319. The topological polar surface area (TPSA) is 62.4 Å². The first-order valence-electron chi connectivity index (χ1n) is 8.27. The van der Waals surface area contributed by atoms with Crippen molar-refractivity contribution < 1.29 is 5.21 Å². The van der Waals surface area contributed by atoms with Crippen LogP contribution in [0.3, 0.4) is 0 Å². The maximum Gasteiger partial charge on any atom is 0.122 e. The normalized spacial score (nSPS) is 11.7. The number of anilines is 2. The zero-order valence-electron chi connectivity index (χ0n) is 15.2. The van der Waals surface area contributed by atoms with Gasteiger partial charge in [0.1, 0.15) is 5.71 Å². The zero-order valence-corrected chi connectivity index (χ0v) is 16.0. The minimum absolute atomic E-state index is 0.417. The molecule has 2 N–H and O–H groups in total. The van der Waals surface area contributed by atoms with Gasteiger partial charge in [-0.15, -0.1) is 0 Å². The molecule has 0 saturated heterocycles. The van der Waals surface area contributed by atoms with E-state index >= 15 is 0 Å². The van der Waals surface area contributed by atoms with Crippen LogP contribution in [0, 0.1) is 20.8 Å². The Balaban J connectivity index is 1.98. The Bertz CT molecular complexity index is 991. The molecule has 0 bridgehead atoms. The quantitative estimate of drug-likeness (QED) is 0.388. The molecule has 6 heteroatoms. The summed E-state index contributed by atoms with van der Waals surface area (Å²) >= 11 is 6.51. The van der Waals surface area contributed by atoms with Gasteiger partial charge in [0.05, 0.1) is 10.7 Å². The van der Waals surface area contributed by atoms with Gasteiger partial charge in [0, 0.05) is 35.2 Å². The maximum absolute atomic E-state index is 9.63.